The van der Waals surface area contributed by atoms with Gasteiger partial charge in [-0.05, 0) is 35.7 Å². The number of nitrogens with one attached hydrogen (secondary N) is 3. The number of carbonyl (C=O) groups excluding carboxylic acids is 1. The maximum atomic E-state index is 15.2. The van der Waals surface area contributed by atoms with Crippen LogP contribution in [-0.2, 0) is 4.79 Å². The number of imidazole rings is 1. The zero-order valence-electron chi connectivity index (χ0n) is 21.6. The molecular weight excluding hydrogens is 495 g/mol. The molecule has 3 N–H and O–H groups in total. The summed E-state index contributed by atoms with van der Waals surface area (Å²) in [7, 11) is 0. The highest BCUT2D eigenvalue weighted by molar-refractivity contribution is 5.98. The number of amides is 1. The normalized spacial score (nSPS) is 11.8. The fraction of sp³-hybridized carbons (Fsp3) is 0.172. The van der Waals surface area contributed by atoms with Crippen LogP contribution in [0.2, 0.25) is 0 Å². The number of fused-ring (bicyclic) bond motifs is 2. The Kier molecular flexibility index (Phi) is 5.86. The summed E-state index contributed by atoms with van der Waals surface area (Å²) >= 11 is 0. The van der Waals surface area contributed by atoms with Gasteiger partial charge in [-0.1, -0.05) is 20.8 Å². The molecule has 1 aromatic carbocycles. The third kappa shape index (κ3) is 4.84. The molecule has 0 aliphatic carbocycles. The van der Waals surface area contributed by atoms with E-state index in [4.69, 9.17) is 4.98 Å². The Labute approximate surface area is 223 Å². The van der Waals surface area contributed by atoms with Crippen molar-refractivity contribution in [2.75, 3.05) is 5.32 Å². The van der Waals surface area contributed by atoms with Gasteiger partial charge in [0.1, 0.15) is 17.0 Å². The summed E-state index contributed by atoms with van der Waals surface area (Å²) in [5, 5.41) is 10.9. The minimum Gasteiger partial charge on any atom is -0.336 e. The van der Waals surface area contributed by atoms with E-state index in [1.807, 2.05) is 39.0 Å². The van der Waals surface area contributed by atoms with Crippen molar-refractivity contribution in [2.24, 2.45) is 5.41 Å². The van der Waals surface area contributed by atoms with Crippen LogP contribution in [0.1, 0.15) is 27.2 Å². The first-order valence-corrected chi connectivity index (χ1v) is 12.4. The molecule has 0 fully saturated rings. The molecule has 39 heavy (non-hydrogen) atoms. The Hall–Kier alpha value is -4.99. The smallest absolute Gasteiger partial charge is 0.224 e. The summed E-state index contributed by atoms with van der Waals surface area (Å²) in [6.45, 7) is 5.98. The SMILES string of the molecule is CC(C)(C)CC(=O)Nc1cncc(-c2cc3c(-c4nc5c(-c6cccnc6)nccc5[nH]4)n[nH]c3cc2F)c1. The number of hydrogen-bond acceptors (Lipinski definition) is 6. The molecule has 10 heteroatoms. The second kappa shape index (κ2) is 9.39. The predicted octanol–water partition coefficient (Wildman–Crippen LogP) is 6.14. The van der Waals surface area contributed by atoms with Crippen LogP contribution in [0.5, 0.6) is 0 Å². The van der Waals surface area contributed by atoms with E-state index in [-0.39, 0.29) is 11.3 Å². The molecule has 0 saturated heterocycles. The number of benzene rings is 1. The fourth-order valence-corrected chi connectivity index (χ4v) is 4.54. The molecule has 0 bridgehead atoms. The molecule has 194 valence electrons. The number of hydrogen-bond donors (Lipinski definition) is 3. The van der Waals surface area contributed by atoms with Gasteiger partial charge in [0.05, 0.1) is 28.6 Å². The van der Waals surface area contributed by atoms with Crippen LogP contribution in [0.3, 0.4) is 0 Å². The van der Waals surface area contributed by atoms with Crippen LogP contribution in [-0.4, -0.2) is 41.0 Å². The number of anilines is 1. The third-order valence-electron chi connectivity index (χ3n) is 6.23. The number of aromatic nitrogens is 7. The van der Waals surface area contributed by atoms with Crippen LogP contribution in [0.25, 0.3) is 55.8 Å². The molecule has 6 aromatic rings. The van der Waals surface area contributed by atoms with Gasteiger partial charge in [-0.25, -0.2) is 9.37 Å². The Morgan fingerprint density at radius 3 is 2.62 bits per heavy atom. The van der Waals surface area contributed by atoms with Crippen molar-refractivity contribution in [3.63, 3.8) is 0 Å². The van der Waals surface area contributed by atoms with Crippen molar-refractivity contribution in [1.29, 1.82) is 0 Å². The molecule has 0 radical (unpaired) electrons. The average molecular weight is 521 g/mol. The predicted molar refractivity (Wildman–Crippen MR) is 148 cm³/mol. The Balaban J connectivity index is 1.39. The van der Waals surface area contributed by atoms with Gasteiger partial charge in [-0.3, -0.25) is 24.8 Å². The van der Waals surface area contributed by atoms with Gasteiger partial charge in [0.15, 0.2) is 5.82 Å². The van der Waals surface area contributed by atoms with Crippen molar-refractivity contribution in [3.05, 3.63) is 73.2 Å². The highest BCUT2D eigenvalue weighted by atomic mass is 19.1. The van der Waals surface area contributed by atoms with Crippen molar-refractivity contribution >= 4 is 33.5 Å². The number of halogens is 1. The lowest BCUT2D eigenvalue weighted by atomic mass is 9.92. The summed E-state index contributed by atoms with van der Waals surface area (Å²) in [6, 6.07) is 10.4. The molecule has 5 heterocycles. The molecule has 0 unspecified atom stereocenters. The first-order chi connectivity index (χ1) is 18.7. The van der Waals surface area contributed by atoms with Gasteiger partial charge in [0.2, 0.25) is 5.91 Å². The summed E-state index contributed by atoms with van der Waals surface area (Å²) in [4.78, 5) is 33.5. The maximum absolute atomic E-state index is 15.2. The molecule has 6 rings (SSSR count). The van der Waals surface area contributed by atoms with E-state index in [1.54, 1.807) is 43.1 Å². The van der Waals surface area contributed by atoms with Gasteiger partial charge in [-0.15, -0.1) is 0 Å². The van der Waals surface area contributed by atoms with Gasteiger partial charge < -0.3 is 10.3 Å². The van der Waals surface area contributed by atoms with E-state index in [1.165, 1.54) is 6.07 Å². The second-order valence-electron chi connectivity index (χ2n) is 10.6. The summed E-state index contributed by atoms with van der Waals surface area (Å²) in [6.07, 6.45) is 8.62. The van der Waals surface area contributed by atoms with Crippen molar-refractivity contribution in [1.82, 2.24) is 35.1 Å². The summed E-state index contributed by atoms with van der Waals surface area (Å²) in [5.41, 5.74) is 5.30. The van der Waals surface area contributed by atoms with Gasteiger partial charge in [0.25, 0.3) is 0 Å². The minimum absolute atomic E-state index is 0.125. The Bertz CT molecular complexity index is 1840. The topological polar surface area (TPSA) is 125 Å². The monoisotopic (exact) mass is 520 g/mol. The first-order valence-electron chi connectivity index (χ1n) is 12.4. The average Bonchev–Trinajstić information content (AvgIpc) is 3.51. The Morgan fingerprint density at radius 1 is 0.974 bits per heavy atom. The quantitative estimate of drug-likeness (QED) is 0.251. The van der Waals surface area contributed by atoms with E-state index < -0.39 is 5.82 Å². The molecule has 9 nitrogen and oxygen atoms in total. The number of nitrogens with zero attached hydrogens (tertiary/aromatic N) is 5. The number of pyridine rings is 3. The fourth-order valence-electron chi connectivity index (χ4n) is 4.54. The summed E-state index contributed by atoms with van der Waals surface area (Å²) in [5.74, 6) is -0.0434. The van der Waals surface area contributed by atoms with Crippen molar-refractivity contribution in [3.8, 4) is 33.9 Å². The maximum Gasteiger partial charge on any atom is 0.224 e. The van der Waals surface area contributed by atoms with Gasteiger partial charge in [0, 0.05) is 59.4 Å². The van der Waals surface area contributed by atoms with Crippen LogP contribution in [0, 0.1) is 11.2 Å². The lowest BCUT2D eigenvalue weighted by molar-refractivity contribution is -0.117. The molecule has 0 atom stereocenters. The largest absolute Gasteiger partial charge is 0.336 e. The standard InChI is InChI=1S/C29H25FN8O/c1-29(2,3)12-24(39)34-18-9-17(14-32-15-18)19-10-20-23(11-21(19)30)37-38-26(20)28-35-22-6-8-33-25(27(22)36-28)16-5-4-7-31-13-16/h4-11,13-15H,12H2,1-3H3,(H,34,39)(H,35,36)(H,37,38). The van der Waals surface area contributed by atoms with Crippen LogP contribution >= 0.6 is 0 Å². The summed E-state index contributed by atoms with van der Waals surface area (Å²) < 4.78 is 15.2. The Morgan fingerprint density at radius 2 is 1.82 bits per heavy atom. The van der Waals surface area contributed by atoms with Crippen molar-refractivity contribution in [2.45, 2.75) is 27.2 Å². The van der Waals surface area contributed by atoms with Crippen LogP contribution in [0.4, 0.5) is 10.1 Å². The molecule has 5 aromatic heterocycles. The van der Waals surface area contributed by atoms with Gasteiger partial charge >= 0.3 is 0 Å². The zero-order chi connectivity index (χ0) is 27.1. The van der Waals surface area contributed by atoms with Gasteiger partial charge in [-0.2, -0.15) is 5.10 Å². The van der Waals surface area contributed by atoms with Crippen LogP contribution < -0.4 is 5.32 Å². The number of carbonyl (C=O) groups is 1. The molecule has 0 aliphatic heterocycles. The first kappa shape index (κ1) is 24.4. The molecule has 0 spiro atoms. The lowest BCUT2D eigenvalue weighted by Crippen LogP contribution is -2.19. The minimum atomic E-state index is -0.440. The van der Waals surface area contributed by atoms with E-state index in [0.29, 0.717) is 56.9 Å². The second-order valence-corrected chi connectivity index (χ2v) is 10.6. The lowest BCUT2D eigenvalue weighted by Gasteiger charge is -2.17. The van der Waals surface area contributed by atoms with E-state index in [9.17, 15) is 4.79 Å². The van der Waals surface area contributed by atoms with E-state index >= 15 is 4.39 Å². The highest BCUT2D eigenvalue weighted by Gasteiger charge is 2.19. The van der Waals surface area contributed by atoms with Crippen molar-refractivity contribution < 1.29 is 9.18 Å². The zero-order valence-corrected chi connectivity index (χ0v) is 21.6. The third-order valence-corrected chi connectivity index (χ3v) is 6.23. The molecule has 1 amide bonds. The number of H-pyrrole nitrogens is 2. The number of rotatable bonds is 5. The van der Waals surface area contributed by atoms with Crippen LogP contribution in [0.15, 0.2) is 67.4 Å². The molecule has 0 saturated carbocycles. The highest BCUT2D eigenvalue weighted by Crippen LogP contribution is 2.34. The number of aromatic amines is 2. The van der Waals surface area contributed by atoms with E-state index in [0.717, 1.165) is 11.1 Å². The molecular formula is C29H25FN8O. The van der Waals surface area contributed by atoms with E-state index in [2.05, 4.69) is 35.5 Å². The molecule has 0 aliphatic rings.